The zero-order chi connectivity index (χ0) is 14.4. The monoisotopic (exact) mass is 281 g/mol. The lowest BCUT2D eigenvalue weighted by atomic mass is 9.90. The summed E-state index contributed by atoms with van der Waals surface area (Å²) < 4.78 is 0. The van der Waals surface area contributed by atoms with E-state index in [1.165, 1.54) is 32.1 Å². The van der Waals surface area contributed by atoms with Crippen molar-refractivity contribution in [3.8, 4) is 0 Å². The molecule has 116 valence electrons. The van der Waals surface area contributed by atoms with Crippen LogP contribution in [-0.2, 0) is 4.79 Å². The van der Waals surface area contributed by atoms with E-state index in [0.29, 0.717) is 31.0 Å². The lowest BCUT2D eigenvalue weighted by molar-refractivity contribution is -0.122. The highest BCUT2D eigenvalue weighted by molar-refractivity contribution is 5.76. The van der Waals surface area contributed by atoms with Gasteiger partial charge < -0.3 is 11.1 Å². The minimum atomic E-state index is 0.228. The summed E-state index contributed by atoms with van der Waals surface area (Å²) in [5.74, 6) is 0.890. The molecule has 0 bridgehead atoms. The van der Waals surface area contributed by atoms with Crippen molar-refractivity contribution in [1.29, 1.82) is 0 Å². The summed E-state index contributed by atoms with van der Waals surface area (Å²) >= 11 is 0. The Balaban J connectivity index is 1.71. The van der Waals surface area contributed by atoms with Crippen molar-refractivity contribution in [2.45, 2.75) is 70.4 Å². The number of carbonyl (C=O) groups is 1. The molecule has 1 saturated carbocycles. The Hall–Kier alpha value is -0.610. The smallest absolute Gasteiger partial charge is 0.221 e. The molecule has 1 amide bonds. The van der Waals surface area contributed by atoms with Crippen LogP contribution in [0.4, 0.5) is 0 Å². The summed E-state index contributed by atoms with van der Waals surface area (Å²) in [5, 5.41) is 3.21. The molecule has 20 heavy (non-hydrogen) atoms. The Bertz CT molecular complexity index is 302. The summed E-state index contributed by atoms with van der Waals surface area (Å²) in [6, 6.07) is 0.896. The maximum atomic E-state index is 12.1. The minimum absolute atomic E-state index is 0.228. The number of hydrogen-bond acceptors (Lipinski definition) is 3. The molecule has 2 fully saturated rings. The van der Waals surface area contributed by atoms with Gasteiger partial charge in [0.25, 0.3) is 0 Å². The quantitative estimate of drug-likeness (QED) is 0.809. The average Bonchev–Trinajstić information content (AvgIpc) is 2.46. The third-order valence-corrected chi connectivity index (χ3v) is 5.07. The van der Waals surface area contributed by atoms with E-state index in [2.05, 4.69) is 17.1 Å². The molecule has 3 N–H and O–H groups in total. The molecule has 2 rings (SSSR count). The number of rotatable bonds is 5. The molecular formula is C16H31N3O. The van der Waals surface area contributed by atoms with E-state index in [9.17, 15) is 4.79 Å². The van der Waals surface area contributed by atoms with E-state index < -0.39 is 0 Å². The molecule has 2 aliphatic rings. The number of nitrogens with zero attached hydrogens (tertiary/aromatic N) is 1. The minimum Gasteiger partial charge on any atom is -0.353 e. The molecule has 1 saturated heterocycles. The van der Waals surface area contributed by atoms with Crippen LogP contribution in [0.3, 0.4) is 0 Å². The molecule has 0 radical (unpaired) electrons. The topological polar surface area (TPSA) is 58.4 Å². The van der Waals surface area contributed by atoms with Gasteiger partial charge >= 0.3 is 0 Å². The standard InChI is InChI=1S/C16H31N3O/c1-13-6-5-10-19(15(13)12-17)11-9-16(20)18-14-7-3-2-4-8-14/h13-15H,2-12,17H2,1H3,(H,18,20). The lowest BCUT2D eigenvalue weighted by Crippen LogP contribution is -2.49. The summed E-state index contributed by atoms with van der Waals surface area (Å²) in [4.78, 5) is 14.5. The molecule has 1 aliphatic carbocycles. The third-order valence-electron chi connectivity index (χ3n) is 5.07. The van der Waals surface area contributed by atoms with Crippen LogP contribution < -0.4 is 11.1 Å². The Morgan fingerprint density at radius 2 is 1.95 bits per heavy atom. The number of piperidine rings is 1. The molecule has 0 aromatic rings. The van der Waals surface area contributed by atoms with Gasteiger partial charge in [0.2, 0.25) is 5.91 Å². The first kappa shape index (κ1) is 15.8. The fraction of sp³-hybridized carbons (Fsp3) is 0.938. The maximum absolute atomic E-state index is 12.1. The van der Waals surface area contributed by atoms with Gasteiger partial charge in [0.1, 0.15) is 0 Å². The van der Waals surface area contributed by atoms with Gasteiger partial charge in [-0.1, -0.05) is 26.2 Å². The van der Waals surface area contributed by atoms with Crippen LogP contribution in [0.5, 0.6) is 0 Å². The largest absolute Gasteiger partial charge is 0.353 e. The molecule has 1 aliphatic heterocycles. The zero-order valence-electron chi connectivity index (χ0n) is 12.9. The van der Waals surface area contributed by atoms with Gasteiger partial charge in [-0.2, -0.15) is 0 Å². The van der Waals surface area contributed by atoms with Gasteiger partial charge in [-0.05, 0) is 38.1 Å². The second-order valence-electron chi connectivity index (χ2n) is 6.61. The van der Waals surface area contributed by atoms with Crippen molar-refractivity contribution in [2.75, 3.05) is 19.6 Å². The maximum Gasteiger partial charge on any atom is 0.221 e. The number of likely N-dealkylation sites (tertiary alicyclic amines) is 1. The molecule has 0 aromatic heterocycles. The van der Waals surface area contributed by atoms with E-state index in [4.69, 9.17) is 5.73 Å². The fourth-order valence-corrected chi connectivity index (χ4v) is 3.79. The highest BCUT2D eigenvalue weighted by Gasteiger charge is 2.27. The van der Waals surface area contributed by atoms with Crippen molar-refractivity contribution in [1.82, 2.24) is 10.2 Å². The van der Waals surface area contributed by atoms with Crippen LogP contribution in [0.2, 0.25) is 0 Å². The van der Waals surface area contributed by atoms with Crippen LogP contribution in [0.1, 0.15) is 58.3 Å². The number of amides is 1. The van der Waals surface area contributed by atoms with Gasteiger partial charge in [-0.3, -0.25) is 9.69 Å². The Labute approximate surface area is 123 Å². The number of carbonyl (C=O) groups excluding carboxylic acids is 1. The highest BCUT2D eigenvalue weighted by atomic mass is 16.1. The Morgan fingerprint density at radius 1 is 1.20 bits per heavy atom. The van der Waals surface area contributed by atoms with Gasteiger partial charge in [0.15, 0.2) is 0 Å². The second kappa shape index (κ2) is 7.99. The molecule has 0 aromatic carbocycles. The van der Waals surface area contributed by atoms with E-state index in [-0.39, 0.29) is 5.91 Å². The number of hydrogen-bond donors (Lipinski definition) is 2. The predicted molar refractivity (Wildman–Crippen MR) is 82.4 cm³/mol. The van der Waals surface area contributed by atoms with E-state index in [0.717, 1.165) is 25.9 Å². The first-order valence-corrected chi connectivity index (χ1v) is 8.44. The average molecular weight is 281 g/mol. The molecule has 0 spiro atoms. The SMILES string of the molecule is CC1CCCN(CCC(=O)NC2CCCCC2)C1CN. The van der Waals surface area contributed by atoms with Gasteiger partial charge in [-0.15, -0.1) is 0 Å². The first-order valence-electron chi connectivity index (χ1n) is 8.44. The van der Waals surface area contributed by atoms with Crippen LogP contribution in [0.25, 0.3) is 0 Å². The number of nitrogens with one attached hydrogen (secondary N) is 1. The molecule has 4 heteroatoms. The van der Waals surface area contributed by atoms with Crippen LogP contribution in [-0.4, -0.2) is 42.5 Å². The predicted octanol–water partition coefficient (Wildman–Crippen LogP) is 1.88. The fourth-order valence-electron chi connectivity index (χ4n) is 3.79. The Kier molecular flexibility index (Phi) is 6.30. The van der Waals surface area contributed by atoms with E-state index in [1.54, 1.807) is 0 Å². The van der Waals surface area contributed by atoms with Crippen LogP contribution in [0, 0.1) is 5.92 Å². The zero-order valence-corrected chi connectivity index (χ0v) is 12.9. The molecule has 2 atom stereocenters. The van der Waals surface area contributed by atoms with E-state index >= 15 is 0 Å². The number of nitrogens with two attached hydrogens (primary N) is 1. The van der Waals surface area contributed by atoms with Gasteiger partial charge in [0.05, 0.1) is 0 Å². The summed E-state index contributed by atoms with van der Waals surface area (Å²) in [6.45, 7) is 4.96. The lowest BCUT2D eigenvalue weighted by Gasteiger charge is -2.39. The van der Waals surface area contributed by atoms with Crippen molar-refractivity contribution in [3.63, 3.8) is 0 Å². The molecule has 4 nitrogen and oxygen atoms in total. The van der Waals surface area contributed by atoms with Crippen LogP contribution >= 0.6 is 0 Å². The normalized spacial score (nSPS) is 29.3. The van der Waals surface area contributed by atoms with Gasteiger partial charge in [0, 0.05) is 31.6 Å². The van der Waals surface area contributed by atoms with Gasteiger partial charge in [-0.25, -0.2) is 0 Å². The third kappa shape index (κ3) is 4.45. The highest BCUT2D eigenvalue weighted by Crippen LogP contribution is 2.22. The Morgan fingerprint density at radius 3 is 2.65 bits per heavy atom. The summed E-state index contributed by atoms with van der Waals surface area (Å²) in [5.41, 5.74) is 5.90. The summed E-state index contributed by atoms with van der Waals surface area (Å²) in [6.07, 6.45) is 9.33. The van der Waals surface area contributed by atoms with Crippen molar-refractivity contribution in [2.24, 2.45) is 11.7 Å². The van der Waals surface area contributed by atoms with Crippen LogP contribution in [0.15, 0.2) is 0 Å². The molecule has 1 heterocycles. The molecular weight excluding hydrogens is 250 g/mol. The van der Waals surface area contributed by atoms with Crippen molar-refractivity contribution >= 4 is 5.91 Å². The summed E-state index contributed by atoms with van der Waals surface area (Å²) in [7, 11) is 0. The van der Waals surface area contributed by atoms with Crippen molar-refractivity contribution < 1.29 is 4.79 Å². The second-order valence-corrected chi connectivity index (χ2v) is 6.61. The van der Waals surface area contributed by atoms with E-state index in [1.807, 2.05) is 0 Å². The molecule has 2 unspecified atom stereocenters. The van der Waals surface area contributed by atoms with Crippen molar-refractivity contribution in [3.05, 3.63) is 0 Å². The first-order chi connectivity index (χ1) is 9.70.